The second kappa shape index (κ2) is 6.72. The van der Waals surface area contributed by atoms with Crippen LogP contribution >= 0.6 is 12.2 Å². The summed E-state index contributed by atoms with van der Waals surface area (Å²) in [6.07, 6.45) is 3.67. The van der Waals surface area contributed by atoms with Crippen LogP contribution in [0, 0.1) is 4.77 Å². The van der Waals surface area contributed by atoms with Crippen LogP contribution < -0.4 is 4.90 Å². The van der Waals surface area contributed by atoms with E-state index in [0.717, 1.165) is 25.2 Å². The van der Waals surface area contributed by atoms with Crippen LogP contribution in [-0.2, 0) is 7.05 Å². The summed E-state index contributed by atoms with van der Waals surface area (Å²) in [6.45, 7) is 1.40. The SMILES string of the molecule is CN(C)c1ncccc1C(=O)N1CCC[C@H](c2n[nH]c(=S)n2C)C1. The van der Waals surface area contributed by atoms with Crippen LogP contribution in [0.25, 0.3) is 0 Å². The molecule has 0 unspecified atom stereocenters. The van der Waals surface area contributed by atoms with Crippen LogP contribution in [0.2, 0.25) is 0 Å². The number of rotatable bonds is 3. The molecule has 0 bridgehead atoms. The van der Waals surface area contributed by atoms with Crippen LogP contribution in [0.4, 0.5) is 5.82 Å². The smallest absolute Gasteiger partial charge is 0.257 e. The Bertz CT molecular complexity index is 796. The first-order valence-electron chi connectivity index (χ1n) is 8.02. The van der Waals surface area contributed by atoms with Gasteiger partial charge in [-0.1, -0.05) is 0 Å². The maximum absolute atomic E-state index is 13.0. The Morgan fingerprint density at radius 2 is 2.25 bits per heavy atom. The zero-order valence-electron chi connectivity index (χ0n) is 14.2. The zero-order chi connectivity index (χ0) is 17.3. The summed E-state index contributed by atoms with van der Waals surface area (Å²) >= 11 is 5.20. The quantitative estimate of drug-likeness (QED) is 0.861. The highest BCUT2D eigenvalue weighted by Gasteiger charge is 2.29. The fourth-order valence-corrected chi connectivity index (χ4v) is 3.33. The highest BCUT2D eigenvalue weighted by molar-refractivity contribution is 7.71. The van der Waals surface area contributed by atoms with E-state index in [1.807, 2.05) is 41.6 Å². The maximum atomic E-state index is 13.0. The topological polar surface area (TPSA) is 70.1 Å². The number of carbonyl (C=O) groups is 1. The number of hydrogen-bond acceptors (Lipinski definition) is 5. The Kier molecular flexibility index (Phi) is 4.66. The molecule has 2 aromatic rings. The number of piperidine rings is 1. The number of H-pyrrole nitrogens is 1. The van der Waals surface area contributed by atoms with Crippen molar-refractivity contribution >= 4 is 23.9 Å². The molecular formula is C16H22N6OS. The maximum Gasteiger partial charge on any atom is 0.257 e. The van der Waals surface area contributed by atoms with Crippen molar-refractivity contribution in [2.75, 3.05) is 32.1 Å². The lowest BCUT2D eigenvalue weighted by Gasteiger charge is -2.32. The van der Waals surface area contributed by atoms with Gasteiger partial charge in [-0.3, -0.25) is 9.89 Å². The number of nitrogens with zero attached hydrogens (tertiary/aromatic N) is 5. The minimum atomic E-state index is 0.0216. The highest BCUT2D eigenvalue weighted by Crippen LogP contribution is 2.27. The Morgan fingerprint density at radius 3 is 2.92 bits per heavy atom. The molecule has 1 amide bonds. The van der Waals surface area contributed by atoms with E-state index in [9.17, 15) is 4.79 Å². The summed E-state index contributed by atoms with van der Waals surface area (Å²) in [5, 5.41) is 7.17. The van der Waals surface area contributed by atoms with Crippen LogP contribution in [0.3, 0.4) is 0 Å². The lowest BCUT2D eigenvalue weighted by Crippen LogP contribution is -2.40. The molecule has 1 aliphatic rings. The molecule has 1 aliphatic heterocycles. The lowest BCUT2D eigenvalue weighted by molar-refractivity contribution is 0.0703. The molecule has 1 saturated heterocycles. The van der Waals surface area contributed by atoms with E-state index in [4.69, 9.17) is 12.2 Å². The van der Waals surface area contributed by atoms with Gasteiger partial charge in [-0.2, -0.15) is 5.10 Å². The van der Waals surface area contributed by atoms with Crippen LogP contribution in [0.5, 0.6) is 0 Å². The summed E-state index contributed by atoms with van der Waals surface area (Å²) in [6, 6.07) is 3.64. The van der Waals surface area contributed by atoms with E-state index < -0.39 is 0 Å². The van der Waals surface area contributed by atoms with E-state index in [1.165, 1.54) is 0 Å². The van der Waals surface area contributed by atoms with E-state index in [2.05, 4.69) is 15.2 Å². The second-order valence-corrected chi connectivity index (χ2v) is 6.69. The molecule has 7 nitrogen and oxygen atoms in total. The standard InChI is InChI=1S/C16H22N6OS/c1-20(2)14-12(7-4-8-17-14)15(23)22-9-5-6-11(10-22)13-18-19-16(24)21(13)3/h4,7-8,11H,5-6,9-10H2,1-3H3,(H,19,24)/t11-/m0/s1. The Hall–Kier alpha value is -2.22. The number of anilines is 1. The zero-order valence-corrected chi connectivity index (χ0v) is 15.0. The van der Waals surface area contributed by atoms with Gasteiger partial charge in [0.05, 0.1) is 5.56 Å². The Morgan fingerprint density at radius 1 is 1.46 bits per heavy atom. The van der Waals surface area contributed by atoms with E-state index in [-0.39, 0.29) is 11.8 Å². The summed E-state index contributed by atoms with van der Waals surface area (Å²) in [5.41, 5.74) is 0.638. The molecule has 0 radical (unpaired) electrons. The van der Waals surface area contributed by atoms with Gasteiger partial charge >= 0.3 is 0 Å². The molecule has 0 aliphatic carbocycles. The molecular weight excluding hydrogens is 324 g/mol. The fraction of sp³-hybridized carbons (Fsp3) is 0.500. The second-order valence-electron chi connectivity index (χ2n) is 6.31. The van der Waals surface area contributed by atoms with Crippen molar-refractivity contribution in [2.45, 2.75) is 18.8 Å². The minimum Gasteiger partial charge on any atom is -0.362 e. The molecule has 1 fully saturated rings. The average Bonchev–Trinajstić information content (AvgIpc) is 2.93. The summed E-state index contributed by atoms with van der Waals surface area (Å²) in [5.74, 6) is 1.83. The Balaban J connectivity index is 1.84. The first-order chi connectivity index (χ1) is 11.5. The number of hydrogen-bond donors (Lipinski definition) is 1. The summed E-state index contributed by atoms with van der Waals surface area (Å²) in [7, 11) is 5.70. The van der Waals surface area contributed by atoms with Gasteiger partial charge in [-0.05, 0) is 37.2 Å². The molecule has 0 aromatic carbocycles. The number of carbonyl (C=O) groups excluding carboxylic acids is 1. The van der Waals surface area contributed by atoms with Crippen molar-refractivity contribution in [3.63, 3.8) is 0 Å². The van der Waals surface area contributed by atoms with Gasteiger partial charge in [-0.15, -0.1) is 0 Å². The van der Waals surface area contributed by atoms with Gasteiger partial charge in [0.2, 0.25) is 0 Å². The van der Waals surface area contributed by atoms with Crippen molar-refractivity contribution < 1.29 is 4.79 Å². The lowest BCUT2D eigenvalue weighted by atomic mass is 9.96. The van der Waals surface area contributed by atoms with Crippen molar-refractivity contribution in [3.05, 3.63) is 34.5 Å². The van der Waals surface area contributed by atoms with E-state index >= 15 is 0 Å². The van der Waals surface area contributed by atoms with Crippen LogP contribution in [-0.4, -0.2) is 57.7 Å². The van der Waals surface area contributed by atoms with Gasteiger partial charge < -0.3 is 14.4 Å². The third kappa shape index (κ3) is 3.06. The number of nitrogens with one attached hydrogen (secondary N) is 1. The van der Waals surface area contributed by atoms with E-state index in [1.54, 1.807) is 12.3 Å². The summed E-state index contributed by atoms with van der Waals surface area (Å²) in [4.78, 5) is 21.1. The van der Waals surface area contributed by atoms with Gasteiger partial charge in [0.15, 0.2) is 4.77 Å². The molecule has 2 aromatic heterocycles. The number of likely N-dealkylation sites (tertiary alicyclic amines) is 1. The number of amides is 1. The molecule has 24 heavy (non-hydrogen) atoms. The molecule has 1 N–H and O–H groups in total. The number of pyridine rings is 1. The molecule has 8 heteroatoms. The predicted octanol–water partition coefficient (Wildman–Crippen LogP) is 1.96. The molecule has 0 saturated carbocycles. The molecule has 3 heterocycles. The highest BCUT2D eigenvalue weighted by atomic mass is 32.1. The van der Waals surface area contributed by atoms with Crippen LogP contribution in [0.1, 0.15) is 34.9 Å². The number of aromatic nitrogens is 4. The van der Waals surface area contributed by atoms with Gasteiger partial charge in [0.1, 0.15) is 11.6 Å². The third-order valence-corrected chi connectivity index (χ3v) is 4.79. The molecule has 0 spiro atoms. The molecule has 3 rings (SSSR count). The van der Waals surface area contributed by atoms with Gasteiger partial charge in [-0.25, -0.2) is 4.98 Å². The van der Waals surface area contributed by atoms with Crippen molar-refractivity contribution in [1.29, 1.82) is 0 Å². The van der Waals surface area contributed by atoms with Gasteiger partial charge in [0.25, 0.3) is 5.91 Å². The van der Waals surface area contributed by atoms with Crippen molar-refractivity contribution in [3.8, 4) is 0 Å². The monoisotopic (exact) mass is 346 g/mol. The average molecular weight is 346 g/mol. The van der Waals surface area contributed by atoms with Crippen LogP contribution in [0.15, 0.2) is 18.3 Å². The first-order valence-corrected chi connectivity index (χ1v) is 8.42. The Labute approximate surface area is 146 Å². The van der Waals surface area contributed by atoms with Gasteiger partial charge in [0, 0.05) is 46.3 Å². The minimum absolute atomic E-state index is 0.0216. The first kappa shape index (κ1) is 16.6. The van der Waals surface area contributed by atoms with E-state index in [0.29, 0.717) is 22.7 Å². The number of aromatic amines is 1. The molecule has 1 atom stereocenters. The fourth-order valence-electron chi connectivity index (χ4n) is 3.19. The largest absolute Gasteiger partial charge is 0.362 e. The normalized spacial score (nSPS) is 17.8. The third-order valence-electron chi connectivity index (χ3n) is 4.43. The van der Waals surface area contributed by atoms with Crippen molar-refractivity contribution in [2.24, 2.45) is 7.05 Å². The predicted molar refractivity (Wildman–Crippen MR) is 94.8 cm³/mol. The van der Waals surface area contributed by atoms with Crippen molar-refractivity contribution in [1.82, 2.24) is 24.6 Å². The summed E-state index contributed by atoms with van der Waals surface area (Å²) < 4.78 is 2.50. The molecule has 128 valence electrons.